The minimum absolute atomic E-state index is 0.0229. The molecule has 0 aliphatic carbocycles. The van der Waals surface area contributed by atoms with E-state index >= 15 is 0 Å². The molecule has 1 aromatic heterocycles. The number of hydrogen-bond acceptors (Lipinski definition) is 4. The van der Waals surface area contributed by atoms with Gasteiger partial charge in [0.1, 0.15) is 21.7 Å². The average molecular weight is 416 g/mol. The van der Waals surface area contributed by atoms with Crippen LogP contribution < -0.4 is 5.32 Å². The first-order valence-corrected chi connectivity index (χ1v) is 9.97. The molecule has 1 aliphatic rings. The zero-order valence-corrected chi connectivity index (χ0v) is 15.6. The number of pyridine rings is 1. The van der Waals surface area contributed by atoms with Gasteiger partial charge in [-0.1, -0.05) is 11.6 Å². The molecule has 1 amide bonds. The Morgan fingerprint density at radius 2 is 1.81 bits per heavy atom. The Labute approximate surface area is 160 Å². The van der Waals surface area contributed by atoms with Gasteiger partial charge in [-0.25, -0.2) is 22.2 Å². The second kappa shape index (κ2) is 7.87. The number of hydrogen-bond donors (Lipinski definition) is 1. The lowest BCUT2D eigenvalue weighted by Crippen LogP contribution is -2.41. The molecular formula is C17H16ClF2N3O3S. The number of carbonyl (C=O) groups is 1. The standard InChI is InChI=1S/C17H16ClF2N3O3S/c18-16-15(2-1-5-21-16)27(25,26)23-6-3-11(4-7-23)17(24)22-14-9-12(19)8-13(20)10-14/h1-2,5,8-11H,3-4,6-7H2,(H,22,24). The van der Waals surface area contributed by atoms with Crippen molar-refractivity contribution in [3.8, 4) is 0 Å². The summed E-state index contributed by atoms with van der Waals surface area (Å²) in [6, 6.07) is 5.61. The van der Waals surface area contributed by atoms with E-state index in [2.05, 4.69) is 10.3 Å². The molecule has 0 bridgehead atoms. The predicted molar refractivity (Wildman–Crippen MR) is 95.7 cm³/mol. The van der Waals surface area contributed by atoms with Crippen molar-refractivity contribution in [3.63, 3.8) is 0 Å². The maximum atomic E-state index is 13.2. The van der Waals surface area contributed by atoms with E-state index in [1.807, 2.05) is 0 Å². The number of carbonyl (C=O) groups excluding carboxylic acids is 1. The van der Waals surface area contributed by atoms with E-state index in [0.29, 0.717) is 6.07 Å². The monoisotopic (exact) mass is 415 g/mol. The van der Waals surface area contributed by atoms with Crippen molar-refractivity contribution in [3.05, 3.63) is 53.3 Å². The third kappa shape index (κ3) is 4.42. The summed E-state index contributed by atoms with van der Waals surface area (Å²) in [5.74, 6) is -2.46. The van der Waals surface area contributed by atoms with Crippen molar-refractivity contribution >= 4 is 33.2 Å². The molecule has 0 spiro atoms. The van der Waals surface area contributed by atoms with Crippen LogP contribution in [-0.4, -0.2) is 36.7 Å². The highest BCUT2D eigenvalue weighted by atomic mass is 35.5. The van der Waals surface area contributed by atoms with Crippen molar-refractivity contribution < 1.29 is 22.0 Å². The molecule has 3 rings (SSSR count). The summed E-state index contributed by atoms with van der Waals surface area (Å²) in [4.78, 5) is 16.0. The van der Waals surface area contributed by atoms with Crippen molar-refractivity contribution in [2.24, 2.45) is 5.92 Å². The highest BCUT2D eigenvalue weighted by molar-refractivity contribution is 7.89. The number of piperidine rings is 1. The number of nitrogens with one attached hydrogen (secondary N) is 1. The first-order valence-electron chi connectivity index (χ1n) is 8.15. The summed E-state index contributed by atoms with van der Waals surface area (Å²) < 4.78 is 53.0. The highest BCUT2D eigenvalue weighted by Crippen LogP contribution is 2.27. The number of rotatable bonds is 4. The van der Waals surface area contributed by atoms with E-state index in [1.54, 1.807) is 0 Å². The summed E-state index contributed by atoms with van der Waals surface area (Å²) >= 11 is 5.88. The predicted octanol–water partition coefficient (Wildman–Crippen LogP) is 3.05. The van der Waals surface area contributed by atoms with E-state index in [4.69, 9.17) is 11.6 Å². The van der Waals surface area contributed by atoms with Gasteiger partial charge in [0.05, 0.1) is 0 Å². The highest BCUT2D eigenvalue weighted by Gasteiger charge is 2.33. The van der Waals surface area contributed by atoms with Crippen LogP contribution in [-0.2, 0) is 14.8 Å². The zero-order valence-electron chi connectivity index (χ0n) is 14.0. The molecule has 6 nitrogen and oxygen atoms in total. The SMILES string of the molecule is O=C(Nc1cc(F)cc(F)c1)C1CCN(S(=O)(=O)c2cccnc2Cl)CC1. The van der Waals surface area contributed by atoms with E-state index in [9.17, 15) is 22.0 Å². The number of anilines is 1. The third-order valence-corrected chi connectivity index (χ3v) is 6.64. The van der Waals surface area contributed by atoms with E-state index < -0.39 is 33.5 Å². The van der Waals surface area contributed by atoms with E-state index in [0.717, 1.165) is 12.1 Å². The van der Waals surface area contributed by atoms with Crippen LogP contribution in [0.2, 0.25) is 5.15 Å². The van der Waals surface area contributed by atoms with Crippen LogP contribution in [0.4, 0.5) is 14.5 Å². The maximum absolute atomic E-state index is 13.2. The van der Waals surface area contributed by atoms with E-state index in [1.165, 1.54) is 22.6 Å². The average Bonchev–Trinajstić information content (AvgIpc) is 2.61. The van der Waals surface area contributed by atoms with Gasteiger partial charge in [0.25, 0.3) is 0 Å². The van der Waals surface area contributed by atoms with Gasteiger partial charge < -0.3 is 5.32 Å². The second-order valence-electron chi connectivity index (χ2n) is 6.12. The lowest BCUT2D eigenvalue weighted by Gasteiger charge is -2.30. The van der Waals surface area contributed by atoms with Gasteiger partial charge in [-0.05, 0) is 37.1 Å². The molecule has 1 saturated heterocycles. The summed E-state index contributed by atoms with van der Waals surface area (Å²) in [7, 11) is -3.80. The molecule has 1 aliphatic heterocycles. The van der Waals surface area contributed by atoms with Crippen molar-refractivity contribution in [1.29, 1.82) is 0 Å². The Kier molecular flexibility index (Phi) is 5.73. The molecule has 2 heterocycles. The Balaban J connectivity index is 1.64. The molecule has 1 aromatic carbocycles. The van der Waals surface area contributed by atoms with Crippen LogP contribution in [0, 0.1) is 17.6 Å². The maximum Gasteiger partial charge on any atom is 0.246 e. The topological polar surface area (TPSA) is 79.4 Å². The van der Waals surface area contributed by atoms with Crippen molar-refractivity contribution in [2.75, 3.05) is 18.4 Å². The lowest BCUT2D eigenvalue weighted by atomic mass is 9.97. The van der Waals surface area contributed by atoms with Crippen LogP contribution >= 0.6 is 11.6 Å². The molecule has 1 N–H and O–H groups in total. The number of aromatic nitrogens is 1. The summed E-state index contributed by atoms with van der Waals surface area (Å²) in [6.45, 7) is 0.256. The van der Waals surface area contributed by atoms with Crippen LogP contribution in [0.3, 0.4) is 0 Å². The number of halogens is 3. The van der Waals surface area contributed by atoms with Gasteiger partial charge >= 0.3 is 0 Å². The van der Waals surface area contributed by atoms with Crippen LogP contribution in [0.15, 0.2) is 41.4 Å². The normalized spacial score (nSPS) is 16.3. The van der Waals surface area contributed by atoms with E-state index in [-0.39, 0.29) is 41.7 Å². The summed E-state index contributed by atoms with van der Waals surface area (Å²) in [5, 5.41) is 2.36. The Bertz CT molecular complexity index is 943. The molecule has 27 heavy (non-hydrogen) atoms. The molecule has 0 saturated carbocycles. The quantitative estimate of drug-likeness (QED) is 0.778. The molecule has 2 aromatic rings. The fraction of sp³-hybridized carbons (Fsp3) is 0.294. The first-order chi connectivity index (χ1) is 12.8. The minimum atomic E-state index is -3.80. The van der Waals surface area contributed by atoms with Crippen molar-refractivity contribution in [1.82, 2.24) is 9.29 Å². The van der Waals surface area contributed by atoms with Crippen molar-refractivity contribution in [2.45, 2.75) is 17.7 Å². The van der Waals surface area contributed by atoms with Gasteiger partial charge in [0.15, 0.2) is 0 Å². The first kappa shape index (κ1) is 19.7. The number of amides is 1. The van der Waals surface area contributed by atoms with Gasteiger partial charge in [-0.2, -0.15) is 4.31 Å². The molecule has 0 unspecified atom stereocenters. The fourth-order valence-electron chi connectivity index (χ4n) is 2.93. The molecule has 10 heteroatoms. The fourth-order valence-corrected chi connectivity index (χ4v) is 4.83. The lowest BCUT2D eigenvalue weighted by molar-refractivity contribution is -0.120. The molecule has 1 fully saturated rings. The Morgan fingerprint density at radius 3 is 2.41 bits per heavy atom. The van der Waals surface area contributed by atoms with Crippen LogP contribution in [0.25, 0.3) is 0 Å². The van der Waals surface area contributed by atoms with Gasteiger partial charge in [-0.15, -0.1) is 0 Å². The summed E-state index contributed by atoms with van der Waals surface area (Å²) in [5.41, 5.74) is 0.0229. The minimum Gasteiger partial charge on any atom is -0.326 e. The second-order valence-corrected chi connectivity index (χ2v) is 8.38. The Hall–Kier alpha value is -2.10. The largest absolute Gasteiger partial charge is 0.326 e. The van der Waals surface area contributed by atoms with Gasteiger partial charge in [-0.3, -0.25) is 4.79 Å². The van der Waals surface area contributed by atoms with Crippen LogP contribution in [0.5, 0.6) is 0 Å². The smallest absolute Gasteiger partial charge is 0.246 e. The third-order valence-electron chi connectivity index (χ3n) is 4.30. The number of nitrogens with zero attached hydrogens (tertiary/aromatic N) is 2. The zero-order chi connectivity index (χ0) is 19.6. The number of sulfonamides is 1. The molecule has 0 radical (unpaired) electrons. The number of benzene rings is 1. The molecular weight excluding hydrogens is 400 g/mol. The molecule has 144 valence electrons. The van der Waals surface area contributed by atoms with Gasteiger partial charge in [0, 0.05) is 37.0 Å². The van der Waals surface area contributed by atoms with Gasteiger partial charge in [0.2, 0.25) is 15.9 Å². The Morgan fingerprint density at radius 1 is 1.19 bits per heavy atom. The summed E-state index contributed by atoms with van der Waals surface area (Å²) in [6.07, 6.45) is 1.95. The molecule has 0 atom stereocenters. The van der Waals surface area contributed by atoms with Crippen LogP contribution in [0.1, 0.15) is 12.8 Å².